The molecule has 3 nitrogen and oxygen atoms in total. The van der Waals surface area contributed by atoms with Crippen LogP contribution in [0.4, 0.5) is 13.2 Å². The van der Waals surface area contributed by atoms with Gasteiger partial charge in [-0.25, -0.2) is 9.97 Å². The third-order valence-electron chi connectivity index (χ3n) is 3.46. The number of benzene rings is 1. The molecule has 2 heterocycles. The molecule has 1 aliphatic heterocycles. The summed E-state index contributed by atoms with van der Waals surface area (Å²) in [6.45, 7) is 1.54. The predicted octanol–water partition coefficient (Wildman–Crippen LogP) is 4.02. The molecule has 0 radical (unpaired) electrons. The van der Waals surface area contributed by atoms with Crippen LogP contribution >= 0.6 is 11.8 Å². The van der Waals surface area contributed by atoms with Crippen LogP contribution in [0.5, 0.6) is 0 Å². The normalized spacial score (nSPS) is 15.3. The minimum Gasteiger partial charge on any atom is -0.313 e. The van der Waals surface area contributed by atoms with Crippen molar-refractivity contribution in [2.75, 3.05) is 13.1 Å². The van der Waals surface area contributed by atoms with Gasteiger partial charge in [0.2, 0.25) is 0 Å². The van der Waals surface area contributed by atoms with E-state index in [0.717, 1.165) is 48.5 Å². The van der Waals surface area contributed by atoms with Crippen LogP contribution in [-0.2, 0) is 6.18 Å². The van der Waals surface area contributed by atoms with Gasteiger partial charge >= 0.3 is 6.18 Å². The molecule has 0 fully saturated rings. The molecular formula is C16H14F3N3S. The molecule has 23 heavy (non-hydrogen) atoms. The van der Waals surface area contributed by atoms with Gasteiger partial charge in [-0.05, 0) is 54.1 Å². The Bertz CT molecular complexity index is 714. The van der Waals surface area contributed by atoms with Crippen LogP contribution in [0, 0.1) is 0 Å². The molecule has 0 amide bonds. The minimum atomic E-state index is -4.37. The van der Waals surface area contributed by atoms with Crippen LogP contribution in [0.1, 0.15) is 17.5 Å². The van der Waals surface area contributed by atoms with E-state index in [4.69, 9.17) is 0 Å². The zero-order valence-electron chi connectivity index (χ0n) is 12.1. The van der Waals surface area contributed by atoms with Gasteiger partial charge in [0.05, 0.1) is 5.56 Å². The van der Waals surface area contributed by atoms with Crippen LogP contribution in [0.3, 0.4) is 0 Å². The van der Waals surface area contributed by atoms with Crippen LogP contribution in [0.15, 0.2) is 52.8 Å². The van der Waals surface area contributed by atoms with E-state index in [1.165, 1.54) is 6.07 Å². The van der Waals surface area contributed by atoms with Gasteiger partial charge in [0.15, 0.2) is 5.16 Å². The maximum atomic E-state index is 13.0. The summed E-state index contributed by atoms with van der Waals surface area (Å²) in [5.74, 6) is 0. The fourth-order valence-electron chi connectivity index (χ4n) is 2.35. The average molecular weight is 337 g/mol. The van der Waals surface area contributed by atoms with Crippen molar-refractivity contribution in [1.82, 2.24) is 15.3 Å². The Labute approximate surface area is 136 Å². The third kappa shape index (κ3) is 3.92. The Morgan fingerprint density at radius 3 is 2.57 bits per heavy atom. The lowest BCUT2D eigenvalue weighted by molar-refractivity contribution is -0.137. The molecule has 0 bridgehead atoms. The highest BCUT2D eigenvalue weighted by atomic mass is 32.2. The summed E-state index contributed by atoms with van der Waals surface area (Å²) < 4.78 is 39.0. The van der Waals surface area contributed by atoms with Gasteiger partial charge in [0, 0.05) is 23.8 Å². The van der Waals surface area contributed by atoms with Crippen LogP contribution in [-0.4, -0.2) is 23.1 Å². The van der Waals surface area contributed by atoms with Gasteiger partial charge < -0.3 is 5.32 Å². The molecule has 1 aromatic carbocycles. The molecule has 1 N–H and O–H groups in total. The van der Waals surface area contributed by atoms with Crippen molar-refractivity contribution in [2.24, 2.45) is 0 Å². The van der Waals surface area contributed by atoms with Crippen LogP contribution < -0.4 is 5.32 Å². The SMILES string of the molecule is FC(F)(F)c1ccc(C2=CCNCC2)c(Sc2ncccn2)c1. The fourth-order valence-corrected chi connectivity index (χ4v) is 3.27. The number of hydrogen-bond donors (Lipinski definition) is 1. The summed E-state index contributed by atoms with van der Waals surface area (Å²) in [5, 5.41) is 3.63. The van der Waals surface area contributed by atoms with E-state index >= 15 is 0 Å². The monoisotopic (exact) mass is 337 g/mol. The van der Waals surface area contributed by atoms with E-state index in [-0.39, 0.29) is 0 Å². The number of halogens is 3. The number of hydrogen-bond acceptors (Lipinski definition) is 4. The van der Waals surface area contributed by atoms with E-state index in [9.17, 15) is 13.2 Å². The van der Waals surface area contributed by atoms with Gasteiger partial charge in [0.1, 0.15) is 0 Å². The van der Waals surface area contributed by atoms with E-state index < -0.39 is 11.7 Å². The van der Waals surface area contributed by atoms with Crippen molar-refractivity contribution >= 4 is 17.3 Å². The molecule has 0 spiro atoms. The van der Waals surface area contributed by atoms with E-state index in [0.29, 0.717) is 10.1 Å². The number of rotatable bonds is 3. The Balaban J connectivity index is 2.02. The third-order valence-corrected chi connectivity index (χ3v) is 4.41. The lowest BCUT2D eigenvalue weighted by Crippen LogP contribution is -2.20. The highest BCUT2D eigenvalue weighted by Crippen LogP contribution is 2.38. The van der Waals surface area contributed by atoms with Gasteiger partial charge in [-0.1, -0.05) is 12.1 Å². The first-order valence-corrected chi connectivity index (χ1v) is 7.92. The van der Waals surface area contributed by atoms with E-state index in [2.05, 4.69) is 15.3 Å². The summed E-state index contributed by atoms with van der Waals surface area (Å²) >= 11 is 1.15. The van der Waals surface area contributed by atoms with Crippen molar-refractivity contribution in [3.8, 4) is 0 Å². The van der Waals surface area contributed by atoms with Gasteiger partial charge in [-0.2, -0.15) is 13.2 Å². The first-order chi connectivity index (χ1) is 11.0. The Kier molecular flexibility index (Phi) is 4.68. The first-order valence-electron chi connectivity index (χ1n) is 7.10. The van der Waals surface area contributed by atoms with E-state index in [1.54, 1.807) is 24.5 Å². The Morgan fingerprint density at radius 1 is 1.13 bits per heavy atom. The van der Waals surface area contributed by atoms with Crippen LogP contribution in [0.2, 0.25) is 0 Å². The fraction of sp³-hybridized carbons (Fsp3) is 0.250. The average Bonchev–Trinajstić information content (AvgIpc) is 2.56. The van der Waals surface area contributed by atoms with Crippen LogP contribution in [0.25, 0.3) is 5.57 Å². The van der Waals surface area contributed by atoms with Crippen molar-refractivity contribution < 1.29 is 13.2 Å². The largest absolute Gasteiger partial charge is 0.416 e. The molecule has 1 aromatic heterocycles. The molecule has 0 aliphatic carbocycles. The molecule has 7 heteroatoms. The number of nitrogens with zero attached hydrogens (tertiary/aromatic N) is 2. The smallest absolute Gasteiger partial charge is 0.313 e. The van der Waals surface area contributed by atoms with Crippen molar-refractivity contribution in [1.29, 1.82) is 0 Å². The van der Waals surface area contributed by atoms with Crippen molar-refractivity contribution in [2.45, 2.75) is 22.6 Å². The molecule has 1 aliphatic rings. The number of nitrogens with one attached hydrogen (secondary N) is 1. The maximum Gasteiger partial charge on any atom is 0.416 e. The first kappa shape index (κ1) is 16.0. The second-order valence-electron chi connectivity index (χ2n) is 5.03. The second kappa shape index (κ2) is 6.72. The van der Waals surface area contributed by atoms with Gasteiger partial charge in [0.25, 0.3) is 0 Å². The zero-order valence-corrected chi connectivity index (χ0v) is 12.9. The highest BCUT2D eigenvalue weighted by Gasteiger charge is 2.31. The molecule has 0 saturated carbocycles. The standard InChI is InChI=1S/C16H14F3N3S/c17-16(18,19)12-2-3-13(11-4-8-20-9-5-11)14(10-12)23-15-21-6-1-7-22-15/h1-4,6-7,10,20H,5,8-9H2. The molecule has 0 unspecified atom stereocenters. The van der Waals surface area contributed by atoms with E-state index in [1.807, 2.05) is 6.08 Å². The molecule has 120 valence electrons. The maximum absolute atomic E-state index is 13.0. The zero-order chi connectivity index (χ0) is 16.3. The summed E-state index contributed by atoms with van der Waals surface area (Å²) in [6, 6.07) is 5.53. The number of alkyl halides is 3. The second-order valence-corrected chi connectivity index (χ2v) is 6.03. The molecule has 2 aromatic rings. The van der Waals surface area contributed by atoms with Crippen molar-refractivity contribution in [3.05, 3.63) is 53.9 Å². The topological polar surface area (TPSA) is 37.8 Å². The minimum absolute atomic E-state index is 0.433. The molecule has 0 saturated heterocycles. The summed E-state index contributed by atoms with van der Waals surface area (Å²) in [7, 11) is 0. The Morgan fingerprint density at radius 2 is 1.91 bits per heavy atom. The van der Waals surface area contributed by atoms with Crippen molar-refractivity contribution in [3.63, 3.8) is 0 Å². The highest BCUT2D eigenvalue weighted by molar-refractivity contribution is 7.99. The van der Waals surface area contributed by atoms with Gasteiger partial charge in [-0.15, -0.1) is 0 Å². The lowest BCUT2D eigenvalue weighted by atomic mass is 9.99. The molecular weight excluding hydrogens is 323 g/mol. The summed E-state index contributed by atoms with van der Waals surface area (Å²) in [4.78, 5) is 8.71. The lowest BCUT2D eigenvalue weighted by Gasteiger charge is -2.18. The Hall–Kier alpha value is -1.86. The molecule has 3 rings (SSSR count). The quantitative estimate of drug-likeness (QED) is 0.859. The predicted molar refractivity (Wildman–Crippen MR) is 83.1 cm³/mol. The van der Waals surface area contributed by atoms with Gasteiger partial charge in [-0.3, -0.25) is 0 Å². The molecule has 0 atom stereocenters. The summed E-state index contributed by atoms with van der Waals surface area (Å²) in [6.07, 6.45) is 1.59. The number of aromatic nitrogens is 2. The summed E-state index contributed by atoms with van der Waals surface area (Å²) in [5.41, 5.74) is 1.21.